The van der Waals surface area contributed by atoms with Gasteiger partial charge in [0.15, 0.2) is 0 Å². The van der Waals surface area contributed by atoms with E-state index in [1.54, 1.807) is 11.9 Å². The second-order valence-electron chi connectivity index (χ2n) is 7.76. The van der Waals surface area contributed by atoms with Gasteiger partial charge < -0.3 is 4.90 Å². The van der Waals surface area contributed by atoms with Crippen LogP contribution in [-0.4, -0.2) is 16.5 Å². The molecule has 0 bridgehead atoms. The first-order chi connectivity index (χ1) is 13.9. The maximum atomic E-state index is 4.75. The maximum absolute atomic E-state index is 4.75. The Morgan fingerprint density at radius 2 is 1.79 bits per heavy atom. The highest BCUT2D eigenvalue weighted by atomic mass is 15.2. The van der Waals surface area contributed by atoms with Gasteiger partial charge in [-0.3, -0.25) is 0 Å². The Labute approximate surface area is 165 Å². The molecule has 1 atom stereocenters. The smallest absolute Gasteiger partial charge is 0.140 e. The third kappa shape index (κ3) is 2.29. The molecule has 1 aliphatic heterocycles. The van der Waals surface area contributed by atoms with Gasteiger partial charge in [-0.1, -0.05) is 66.7 Å². The molecule has 0 N–H and O–H groups in total. The van der Waals surface area contributed by atoms with E-state index in [2.05, 4.69) is 76.6 Å². The summed E-state index contributed by atoms with van der Waals surface area (Å²) in [6, 6.07) is 20.0. The molecular weight excluding hydrogens is 342 g/mol. The number of allylic oxidation sites excluding steroid dienone is 1. The van der Waals surface area contributed by atoms with E-state index in [-0.39, 0.29) is 6.04 Å². The quantitative estimate of drug-likeness (QED) is 0.641. The van der Waals surface area contributed by atoms with Crippen molar-refractivity contribution >= 4 is 17.5 Å². The Bertz CT molecular complexity index is 1130. The van der Waals surface area contributed by atoms with Crippen LogP contribution in [0.4, 0.5) is 5.82 Å². The topological polar surface area (TPSA) is 29.0 Å². The second-order valence-corrected chi connectivity index (χ2v) is 7.76. The highest BCUT2D eigenvalue weighted by molar-refractivity contribution is 5.81. The molecule has 0 saturated heterocycles. The van der Waals surface area contributed by atoms with E-state index >= 15 is 0 Å². The van der Waals surface area contributed by atoms with Gasteiger partial charge in [-0.2, -0.15) is 0 Å². The SMILES string of the molecule is C1=Cc2c(ncnc2N2CCC3=C(Cc4ccccc43)C2c2ccccc2)C1. The number of aromatic nitrogens is 2. The predicted molar refractivity (Wildman–Crippen MR) is 113 cm³/mol. The van der Waals surface area contributed by atoms with Crippen LogP contribution in [0.15, 0.2) is 72.6 Å². The summed E-state index contributed by atoms with van der Waals surface area (Å²) >= 11 is 0. The van der Waals surface area contributed by atoms with Crippen molar-refractivity contribution in [2.45, 2.75) is 25.3 Å². The van der Waals surface area contributed by atoms with Gasteiger partial charge in [0.2, 0.25) is 0 Å². The molecule has 3 heteroatoms. The lowest BCUT2D eigenvalue weighted by Gasteiger charge is -2.39. The summed E-state index contributed by atoms with van der Waals surface area (Å²) < 4.78 is 0. The van der Waals surface area contributed by atoms with Crippen molar-refractivity contribution in [2.75, 3.05) is 11.4 Å². The van der Waals surface area contributed by atoms with Gasteiger partial charge in [0.25, 0.3) is 0 Å². The summed E-state index contributed by atoms with van der Waals surface area (Å²) in [4.78, 5) is 11.8. The van der Waals surface area contributed by atoms with Gasteiger partial charge in [-0.25, -0.2) is 9.97 Å². The van der Waals surface area contributed by atoms with Crippen LogP contribution < -0.4 is 4.90 Å². The van der Waals surface area contributed by atoms with Crippen LogP contribution in [-0.2, 0) is 12.8 Å². The van der Waals surface area contributed by atoms with Crippen LogP contribution in [0.25, 0.3) is 11.6 Å². The van der Waals surface area contributed by atoms with E-state index in [9.17, 15) is 0 Å². The standard InChI is InChI=1S/C25H21N3/c1-2-7-17(8-3-1)24-22-15-18-9-4-5-10-19(18)20(22)13-14-28(24)25-21-11-6-12-23(21)26-16-27-25/h1-11,16,24H,12-15H2. The Balaban J connectivity index is 1.53. The summed E-state index contributed by atoms with van der Waals surface area (Å²) in [5.74, 6) is 1.08. The van der Waals surface area contributed by atoms with Crippen molar-refractivity contribution < 1.29 is 0 Å². The number of anilines is 1. The Morgan fingerprint density at radius 1 is 0.929 bits per heavy atom. The summed E-state index contributed by atoms with van der Waals surface area (Å²) in [6.07, 6.45) is 9.13. The van der Waals surface area contributed by atoms with Gasteiger partial charge in [0, 0.05) is 18.5 Å². The van der Waals surface area contributed by atoms with Crippen LogP contribution in [0.1, 0.15) is 40.4 Å². The molecular formula is C25H21N3. The number of benzene rings is 2. The molecule has 0 amide bonds. The molecule has 3 aliphatic rings. The van der Waals surface area contributed by atoms with Gasteiger partial charge in [-0.15, -0.1) is 0 Å². The molecule has 28 heavy (non-hydrogen) atoms. The molecule has 6 rings (SSSR count). The summed E-state index contributed by atoms with van der Waals surface area (Å²) in [6.45, 7) is 0.976. The van der Waals surface area contributed by atoms with Crippen molar-refractivity contribution in [1.82, 2.24) is 9.97 Å². The van der Waals surface area contributed by atoms with Crippen LogP contribution in [0.5, 0.6) is 0 Å². The lowest BCUT2D eigenvalue weighted by molar-refractivity contribution is 0.650. The summed E-state index contributed by atoms with van der Waals surface area (Å²) in [5, 5.41) is 0. The summed E-state index contributed by atoms with van der Waals surface area (Å²) in [7, 11) is 0. The van der Waals surface area contributed by atoms with Crippen LogP contribution >= 0.6 is 0 Å². The van der Waals surface area contributed by atoms with Crippen molar-refractivity contribution in [3.8, 4) is 0 Å². The molecule has 3 aromatic rings. The largest absolute Gasteiger partial charge is 0.345 e. The third-order valence-electron chi connectivity index (χ3n) is 6.28. The lowest BCUT2D eigenvalue weighted by atomic mass is 9.88. The molecule has 0 radical (unpaired) electrons. The molecule has 2 heterocycles. The molecule has 1 aromatic heterocycles. The van der Waals surface area contributed by atoms with Crippen molar-refractivity contribution in [3.63, 3.8) is 0 Å². The normalized spacial score (nSPS) is 19.6. The molecule has 2 aliphatic carbocycles. The third-order valence-corrected chi connectivity index (χ3v) is 6.28. The van der Waals surface area contributed by atoms with Gasteiger partial charge in [0.1, 0.15) is 12.1 Å². The Hall–Kier alpha value is -3.20. The lowest BCUT2D eigenvalue weighted by Crippen LogP contribution is -2.36. The number of nitrogens with zero attached hydrogens (tertiary/aromatic N) is 3. The molecule has 0 spiro atoms. The minimum Gasteiger partial charge on any atom is -0.345 e. The number of hydrogen-bond donors (Lipinski definition) is 0. The molecule has 1 unspecified atom stereocenters. The molecule has 2 aromatic carbocycles. The monoisotopic (exact) mass is 363 g/mol. The zero-order valence-electron chi connectivity index (χ0n) is 15.7. The van der Waals surface area contributed by atoms with E-state index < -0.39 is 0 Å². The first kappa shape index (κ1) is 15.8. The molecule has 3 nitrogen and oxygen atoms in total. The van der Waals surface area contributed by atoms with Crippen LogP contribution in [0, 0.1) is 0 Å². The van der Waals surface area contributed by atoms with Gasteiger partial charge >= 0.3 is 0 Å². The second kappa shape index (κ2) is 6.16. The molecule has 0 saturated carbocycles. The van der Waals surface area contributed by atoms with Crippen molar-refractivity contribution in [2.24, 2.45) is 0 Å². The van der Waals surface area contributed by atoms with E-state index in [1.807, 2.05) is 0 Å². The highest BCUT2D eigenvalue weighted by Gasteiger charge is 2.37. The minimum absolute atomic E-state index is 0.227. The van der Waals surface area contributed by atoms with E-state index in [1.165, 1.54) is 27.8 Å². The first-order valence-corrected chi connectivity index (χ1v) is 10.0. The fraction of sp³-hybridized carbons (Fsp3) is 0.200. The summed E-state index contributed by atoms with van der Waals surface area (Å²) in [5.41, 5.74) is 9.68. The van der Waals surface area contributed by atoms with Gasteiger partial charge in [0.05, 0.1) is 11.7 Å². The minimum atomic E-state index is 0.227. The zero-order chi connectivity index (χ0) is 18.5. The molecule has 136 valence electrons. The van der Waals surface area contributed by atoms with E-state index in [4.69, 9.17) is 4.98 Å². The van der Waals surface area contributed by atoms with Gasteiger partial charge in [-0.05, 0) is 40.7 Å². The highest BCUT2D eigenvalue weighted by Crippen LogP contribution is 2.48. The molecule has 0 fully saturated rings. The average molecular weight is 363 g/mol. The fourth-order valence-electron chi connectivity index (χ4n) is 5.08. The Morgan fingerprint density at radius 3 is 2.71 bits per heavy atom. The van der Waals surface area contributed by atoms with Crippen LogP contribution in [0.2, 0.25) is 0 Å². The number of fused-ring (bicyclic) bond motifs is 3. The predicted octanol–water partition coefficient (Wildman–Crippen LogP) is 5.01. The zero-order valence-corrected chi connectivity index (χ0v) is 15.7. The average Bonchev–Trinajstić information content (AvgIpc) is 3.38. The maximum Gasteiger partial charge on any atom is 0.140 e. The van der Waals surface area contributed by atoms with Crippen LogP contribution in [0.3, 0.4) is 0 Å². The number of hydrogen-bond acceptors (Lipinski definition) is 3. The van der Waals surface area contributed by atoms with Crippen molar-refractivity contribution in [3.05, 3.63) is 101 Å². The van der Waals surface area contributed by atoms with E-state index in [0.29, 0.717) is 0 Å². The fourth-order valence-corrected chi connectivity index (χ4v) is 5.08. The van der Waals surface area contributed by atoms with E-state index in [0.717, 1.165) is 37.3 Å². The first-order valence-electron chi connectivity index (χ1n) is 10.0. The Kier molecular flexibility index (Phi) is 3.48. The van der Waals surface area contributed by atoms with Crippen molar-refractivity contribution in [1.29, 1.82) is 0 Å². The number of rotatable bonds is 2.